The number of fused-ring (bicyclic) bond motifs is 3. The second-order valence-electron chi connectivity index (χ2n) is 17.0. The van der Waals surface area contributed by atoms with Crippen molar-refractivity contribution in [1.29, 1.82) is 0 Å². The first kappa shape index (κ1) is 45.0. The summed E-state index contributed by atoms with van der Waals surface area (Å²) in [7, 11) is 95.8. The third-order valence-electron chi connectivity index (χ3n) is 13.2. The maximum atomic E-state index is 7.50. The van der Waals surface area contributed by atoms with Crippen molar-refractivity contribution in [3.8, 4) is 62.1 Å². The van der Waals surface area contributed by atoms with Crippen LogP contribution < -0.4 is 76.5 Å². The van der Waals surface area contributed by atoms with Crippen LogP contribution in [0.3, 0.4) is 0 Å². The fourth-order valence-corrected chi connectivity index (χ4v) is 9.72. The molecule has 18 heteroatoms. The molecule has 0 bridgehead atoms. The fourth-order valence-electron chi connectivity index (χ4n) is 9.72. The monoisotopic (exact) mass is 840 g/mol. The minimum atomic E-state index is -0.0259. The second kappa shape index (κ2) is 16.6. The lowest BCUT2D eigenvalue weighted by Gasteiger charge is -2.25. The van der Waals surface area contributed by atoms with E-state index in [9.17, 15) is 0 Å². The number of rotatable bonds is 6. The Balaban J connectivity index is 1.24. The van der Waals surface area contributed by atoms with Gasteiger partial charge in [0.2, 0.25) is 0 Å². The zero-order valence-corrected chi connectivity index (χ0v) is 36.8. The maximum absolute atomic E-state index is 7.50. The molecule has 0 amide bonds. The Morgan fingerprint density at radius 3 is 1.14 bits per heavy atom. The topological polar surface area (TPSA) is 43.6 Å². The Labute approximate surface area is 418 Å². The van der Waals surface area contributed by atoms with Crippen molar-refractivity contribution in [2.75, 3.05) is 0 Å². The van der Waals surface area contributed by atoms with Gasteiger partial charge in [-0.1, -0.05) is 147 Å². The fraction of sp³-hybridized carbons (Fsp3) is 0. The maximum Gasteiger partial charge on any atom is 0.164 e. The van der Waals surface area contributed by atoms with Crippen LogP contribution >= 0.6 is 0 Å². The highest BCUT2D eigenvalue weighted by molar-refractivity contribution is 6.74. The summed E-state index contributed by atoms with van der Waals surface area (Å²) in [6.45, 7) is 0. The van der Waals surface area contributed by atoms with E-state index in [0.29, 0.717) is 72.0 Å². The Hall–Kier alpha value is -6.52. The van der Waals surface area contributed by atoms with E-state index in [1.165, 1.54) is 0 Å². The molecule has 0 aliphatic carbocycles. The number of hydrogen-bond acceptors (Lipinski definition) is 3. The smallest absolute Gasteiger partial charge is 0.164 e. The zero-order valence-electron chi connectivity index (χ0n) is 36.8. The quantitative estimate of drug-likeness (QED) is 0.128. The van der Waals surface area contributed by atoms with Crippen LogP contribution in [-0.4, -0.2) is 129 Å². The molecule has 2 aromatic heterocycles. The van der Waals surface area contributed by atoms with Gasteiger partial charge in [-0.05, 0) is 49.9 Å². The summed E-state index contributed by atoms with van der Waals surface area (Å²) < 4.78 is 1.65. The minimum Gasteiger partial charge on any atom is -0.312 e. The lowest BCUT2D eigenvalue weighted by Crippen LogP contribution is -2.56. The van der Waals surface area contributed by atoms with E-state index in [0.717, 1.165) is 22.3 Å². The molecule has 0 spiro atoms. The van der Waals surface area contributed by atoms with Crippen molar-refractivity contribution in [1.82, 2.24) is 19.5 Å². The lowest BCUT2D eigenvalue weighted by atomic mass is 9.61. The highest BCUT2D eigenvalue weighted by Gasteiger charge is 2.30. The highest BCUT2D eigenvalue weighted by Crippen LogP contribution is 2.41. The molecule has 9 aromatic carbocycles. The molecule has 284 valence electrons. The molecule has 2 heterocycles. The van der Waals surface area contributed by atoms with E-state index in [1.807, 2.05) is 97.1 Å². The SMILES string of the molecule is [B]c1c([B])c([B])c(-n2c3c([B])c([B])c([B])c4c5c([B])c([B])c([B])c([B])c5c5c([B])c(-c6cccc(-c7nc(-c8ccccc8)nc(-c8ccc(-c9ccccc9)cc8)n7)c6)c([B])c2c5c43)c([B])c1[B]. The van der Waals surface area contributed by atoms with Gasteiger partial charge in [-0.15, -0.1) is 32.8 Å². The van der Waals surface area contributed by atoms with Crippen molar-refractivity contribution in [3.05, 3.63) is 109 Å². The Morgan fingerprint density at radius 2 is 0.609 bits per heavy atom. The van der Waals surface area contributed by atoms with E-state index >= 15 is 0 Å². The Bertz CT molecular complexity index is 3960. The highest BCUT2D eigenvalue weighted by atomic mass is 15.0. The first-order chi connectivity index (χ1) is 33.1. The van der Waals surface area contributed by atoms with Gasteiger partial charge in [0.1, 0.15) is 110 Å². The van der Waals surface area contributed by atoms with Gasteiger partial charge in [-0.3, -0.25) is 0 Å². The molecule has 11 aromatic rings. The summed E-state index contributed by atoms with van der Waals surface area (Å²) in [5, 5.41) is 2.32. The van der Waals surface area contributed by atoms with Crippen LogP contribution in [0.1, 0.15) is 0 Å². The molecule has 28 radical (unpaired) electrons. The number of benzene rings is 9. The molecule has 0 saturated carbocycles. The summed E-state index contributed by atoms with van der Waals surface area (Å²) in [4.78, 5) is 15.0. The van der Waals surface area contributed by atoms with Gasteiger partial charge in [-0.25, -0.2) is 15.0 Å². The summed E-state index contributed by atoms with van der Waals surface area (Å²) >= 11 is 0. The van der Waals surface area contributed by atoms with Crippen LogP contribution in [0.2, 0.25) is 0 Å². The molecule has 0 atom stereocenters. The van der Waals surface area contributed by atoms with Crippen LogP contribution in [0.5, 0.6) is 0 Å². The predicted octanol–water partition coefficient (Wildman–Crippen LogP) is -3.84. The molecule has 0 N–H and O–H groups in total. The van der Waals surface area contributed by atoms with Crippen molar-refractivity contribution >= 4 is 230 Å². The molecule has 11 rings (SSSR count). The van der Waals surface area contributed by atoms with Crippen LogP contribution in [-0.2, 0) is 0 Å². The van der Waals surface area contributed by atoms with Crippen molar-refractivity contribution in [2.45, 2.75) is 0 Å². The average Bonchev–Trinajstić information content (AvgIpc) is 3.72. The van der Waals surface area contributed by atoms with Crippen LogP contribution in [0.4, 0.5) is 0 Å². The third kappa shape index (κ3) is 6.60. The van der Waals surface area contributed by atoms with Crippen LogP contribution in [0.25, 0.3) is 105 Å². The van der Waals surface area contributed by atoms with Crippen LogP contribution in [0.15, 0.2) is 109 Å². The molecule has 69 heavy (non-hydrogen) atoms. The zero-order chi connectivity index (χ0) is 48.5. The molecule has 0 fully saturated rings. The second-order valence-corrected chi connectivity index (χ2v) is 17.0. The van der Waals surface area contributed by atoms with Gasteiger partial charge < -0.3 is 4.57 Å². The van der Waals surface area contributed by atoms with Crippen molar-refractivity contribution in [2.24, 2.45) is 0 Å². The van der Waals surface area contributed by atoms with Gasteiger partial charge in [0.15, 0.2) is 17.5 Å². The van der Waals surface area contributed by atoms with Gasteiger partial charge in [0.05, 0.1) is 0 Å². The van der Waals surface area contributed by atoms with Crippen molar-refractivity contribution in [3.63, 3.8) is 0 Å². The van der Waals surface area contributed by atoms with Gasteiger partial charge in [0, 0.05) is 44.2 Å². The van der Waals surface area contributed by atoms with Crippen LogP contribution in [0, 0.1) is 0 Å². The van der Waals surface area contributed by atoms with Crippen molar-refractivity contribution < 1.29 is 0 Å². The van der Waals surface area contributed by atoms with Gasteiger partial charge in [-0.2, -0.15) is 0 Å². The summed E-state index contributed by atoms with van der Waals surface area (Å²) in [6, 6.07) is 35.3. The summed E-state index contributed by atoms with van der Waals surface area (Å²) in [5.41, 5.74) is 6.61. The van der Waals surface area contributed by atoms with E-state index in [4.69, 9.17) is 125 Å². The lowest BCUT2D eigenvalue weighted by molar-refractivity contribution is 1.07. The first-order valence-corrected chi connectivity index (χ1v) is 21.5. The molecule has 0 aliphatic heterocycles. The van der Waals surface area contributed by atoms with E-state index in [1.54, 1.807) is 4.57 Å². The number of hydrogen-bond donors (Lipinski definition) is 0. The summed E-state index contributed by atoms with van der Waals surface area (Å²) in [6.07, 6.45) is 0. The summed E-state index contributed by atoms with van der Waals surface area (Å²) in [5.74, 6) is 1.31. The predicted molar refractivity (Wildman–Crippen MR) is 303 cm³/mol. The number of nitrogens with zero attached hydrogens (tertiary/aromatic N) is 4. The minimum absolute atomic E-state index is 0.00771. The average molecular weight is 838 g/mol. The third-order valence-corrected chi connectivity index (χ3v) is 13.2. The van der Waals surface area contributed by atoms with E-state index in [2.05, 4.69) is 12.1 Å². The normalized spacial score (nSPS) is 11.7. The molecule has 0 aliphatic rings. The molecular weight excluding hydrogens is 820 g/mol. The molecular formula is C51H18B14N4. The molecule has 0 saturated heterocycles. The van der Waals surface area contributed by atoms with Gasteiger partial charge >= 0.3 is 0 Å². The largest absolute Gasteiger partial charge is 0.312 e. The Kier molecular flexibility index (Phi) is 10.8. The Morgan fingerprint density at radius 1 is 0.261 bits per heavy atom. The molecule has 4 nitrogen and oxygen atoms in total. The number of aromatic nitrogens is 4. The van der Waals surface area contributed by atoms with E-state index in [-0.39, 0.29) is 87.7 Å². The van der Waals surface area contributed by atoms with E-state index < -0.39 is 0 Å². The molecule has 0 unspecified atom stereocenters. The first-order valence-electron chi connectivity index (χ1n) is 21.5. The standard InChI is InChI=1S/C51H18B14N4/c52-32-25(23-12-7-13-24(18-23)51-67-49(21-10-5-2-6-11-21)66-50(68-51)22-16-14-20(15-17-22)19-8-3-1-4-9-19)36(56)46-30-28(32)26-27(34(54)38(58)37(57)33(26)53)29-31(30)47(43(63)39(59)35(29)55)69(46)48-44(64)41(61)40(60)42(62)45(48)65/h1-18H. The van der Waals surface area contributed by atoms with Gasteiger partial charge in [0.25, 0.3) is 0 Å².